The van der Waals surface area contributed by atoms with Gasteiger partial charge in [0.15, 0.2) is 5.58 Å². The van der Waals surface area contributed by atoms with Crippen LogP contribution in [0.5, 0.6) is 0 Å². The van der Waals surface area contributed by atoms with Crippen LogP contribution in [0.3, 0.4) is 0 Å². The van der Waals surface area contributed by atoms with Crippen molar-refractivity contribution in [2.45, 2.75) is 0 Å². The summed E-state index contributed by atoms with van der Waals surface area (Å²) < 4.78 is 13.9. The Bertz CT molecular complexity index is 4130. The fourth-order valence-corrected chi connectivity index (χ4v) is 11.3. The molecule has 0 bridgehead atoms. The molecule has 0 fully saturated rings. The number of fused-ring (bicyclic) bond motifs is 17. The third-order valence-corrected chi connectivity index (χ3v) is 13.7. The molecule has 0 unspecified atom stereocenters. The molecule has 0 radical (unpaired) electrons. The maximum Gasteiger partial charge on any atom is 0.236 e. The SMILES string of the molecule is c1ccc(-n2c3ccccc3c3cc4c(cc32)sc2c4c3ccccc3c3c4ccccc4n(-c4nc(-c5cccc6ccccc56)c5oc6ccccc6c5n4)c23)cc1. The number of nitrogens with zero attached hydrogens (tertiary/aromatic N) is 4. The zero-order valence-electron chi connectivity index (χ0n) is 31.9. The topological polar surface area (TPSA) is 48.8 Å². The van der Waals surface area contributed by atoms with Crippen LogP contribution in [0.25, 0.3) is 130 Å². The van der Waals surface area contributed by atoms with E-state index < -0.39 is 0 Å². The summed E-state index contributed by atoms with van der Waals surface area (Å²) in [5.74, 6) is 0.615. The van der Waals surface area contributed by atoms with Crippen molar-refractivity contribution < 1.29 is 4.42 Å². The van der Waals surface area contributed by atoms with Crippen molar-refractivity contribution in [1.82, 2.24) is 19.1 Å². The highest BCUT2D eigenvalue weighted by molar-refractivity contribution is 7.27. The number of thiophene rings is 1. The van der Waals surface area contributed by atoms with E-state index in [0.29, 0.717) is 11.5 Å². The van der Waals surface area contributed by atoms with Gasteiger partial charge in [-0.1, -0.05) is 133 Å². The molecule has 60 heavy (non-hydrogen) atoms. The first-order valence-corrected chi connectivity index (χ1v) is 21.1. The molecule has 9 aromatic carbocycles. The molecule has 0 N–H and O–H groups in total. The minimum atomic E-state index is 0.615. The van der Waals surface area contributed by atoms with Crippen molar-refractivity contribution in [3.63, 3.8) is 0 Å². The second kappa shape index (κ2) is 11.9. The number of para-hydroxylation sites is 4. The van der Waals surface area contributed by atoms with Crippen LogP contribution in [0.1, 0.15) is 0 Å². The Morgan fingerprint density at radius 3 is 1.93 bits per heavy atom. The summed E-state index contributed by atoms with van der Waals surface area (Å²) in [6, 6.07) is 65.1. The average molecular weight is 783 g/mol. The highest BCUT2D eigenvalue weighted by atomic mass is 32.1. The van der Waals surface area contributed by atoms with Crippen LogP contribution < -0.4 is 0 Å². The number of hydrogen-bond acceptors (Lipinski definition) is 4. The van der Waals surface area contributed by atoms with E-state index in [0.717, 1.165) is 55.2 Å². The number of furan rings is 1. The molecule has 0 aliphatic rings. The minimum absolute atomic E-state index is 0.615. The van der Waals surface area contributed by atoms with E-state index in [1.807, 2.05) is 23.5 Å². The number of rotatable bonds is 3. The summed E-state index contributed by atoms with van der Waals surface area (Å²) >= 11 is 1.86. The predicted molar refractivity (Wildman–Crippen MR) is 251 cm³/mol. The molecular formula is C54H30N4OS. The van der Waals surface area contributed by atoms with Gasteiger partial charge >= 0.3 is 0 Å². The highest BCUT2D eigenvalue weighted by Gasteiger charge is 2.26. The van der Waals surface area contributed by atoms with Crippen LogP contribution in [0, 0.1) is 0 Å². The largest absolute Gasteiger partial charge is 0.452 e. The second-order valence-electron chi connectivity index (χ2n) is 15.7. The van der Waals surface area contributed by atoms with E-state index in [9.17, 15) is 0 Å². The molecule has 0 amide bonds. The van der Waals surface area contributed by atoms with Crippen LogP contribution in [0.4, 0.5) is 0 Å². The number of benzene rings is 9. The fraction of sp³-hybridized carbons (Fsp3) is 0. The van der Waals surface area contributed by atoms with E-state index in [4.69, 9.17) is 14.4 Å². The van der Waals surface area contributed by atoms with Gasteiger partial charge in [-0.15, -0.1) is 11.3 Å². The molecule has 0 aliphatic heterocycles. The molecule has 5 nitrogen and oxygen atoms in total. The van der Waals surface area contributed by atoms with Gasteiger partial charge in [0.1, 0.15) is 16.8 Å². The van der Waals surface area contributed by atoms with E-state index >= 15 is 0 Å². The first-order valence-electron chi connectivity index (χ1n) is 20.2. The first-order chi connectivity index (χ1) is 29.8. The van der Waals surface area contributed by atoms with Crippen LogP contribution >= 0.6 is 11.3 Å². The smallest absolute Gasteiger partial charge is 0.236 e. The van der Waals surface area contributed by atoms with Gasteiger partial charge in [0, 0.05) is 53.7 Å². The van der Waals surface area contributed by atoms with Gasteiger partial charge in [-0.25, -0.2) is 9.97 Å². The van der Waals surface area contributed by atoms with Crippen molar-refractivity contribution in [2.24, 2.45) is 0 Å². The summed E-state index contributed by atoms with van der Waals surface area (Å²) in [4.78, 5) is 11.1. The van der Waals surface area contributed by atoms with Gasteiger partial charge in [0.2, 0.25) is 5.95 Å². The van der Waals surface area contributed by atoms with E-state index in [-0.39, 0.29) is 0 Å². The van der Waals surface area contributed by atoms with Crippen molar-refractivity contribution >= 4 is 119 Å². The Morgan fingerprint density at radius 2 is 1.10 bits per heavy atom. The first kappa shape index (κ1) is 32.2. The van der Waals surface area contributed by atoms with Crippen LogP contribution in [0.2, 0.25) is 0 Å². The van der Waals surface area contributed by atoms with Crippen LogP contribution in [0.15, 0.2) is 186 Å². The molecule has 0 atom stereocenters. The Labute approximate surface area is 345 Å². The van der Waals surface area contributed by atoms with Crippen molar-refractivity contribution in [3.8, 4) is 22.9 Å². The fourth-order valence-electron chi connectivity index (χ4n) is 10.00. The molecule has 14 rings (SSSR count). The van der Waals surface area contributed by atoms with Gasteiger partial charge in [0.05, 0.1) is 26.8 Å². The van der Waals surface area contributed by atoms with Crippen molar-refractivity contribution in [2.75, 3.05) is 0 Å². The Hall–Kier alpha value is -7.80. The molecule has 6 heteroatoms. The van der Waals surface area contributed by atoms with Crippen molar-refractivity contribution in [3.05, 3.63) is 182 Å². The standard InChI is InChI=1S/C54H30N4OS/c1-2-17-32(18-3-1)57-42-26-11-8-20-34(42)40-29-41-46(30-44(40)57)60-53-48(41)36-22-7-6-21-35(36)47-38-23-9-12-27-43(38)58(51(47)53)54-55-49(37-25-14-16-31-15-4-5-19-33(31)37)52-50(56-54)39-24-10-13-28-45(39)59-52/h1-30H. The predicted octanol–water partition coefficient (Wildman–Crippen LogP) is 14.9. The zero-order valence-corrected chi connectivity index (χ0v) is 32.7. The lowest BCUT2D eigenvalue weighted by Gasteiger charge is -2.12. The number of aromatic nitrogens is 4. The van der Waals surface area contributed by atoms with E-state index in [2.05, 4.69) is 179 Å². The molecule has 5 heterocycles. The quantitative estimate of drug-likeness (QED) is 0.179. The molecular weight excluding hydrogens is 753 g/mol. The summed E-state index contributed by atoms with van der Waals surface area (Å²) in [5.41, 5.74) is 9.79. The van der Waals surface area contributed by atoms with Gasteiger partial charge in [0.25, 0.3) is 0 Å². The van der Waals surface area contributed by atoms with Gasteiger partial charge in [-0.3, -0.25) is 4.57 Å². The van der Waals surface area contributed by atoms with E-state index in [1.165, 1.54) is 63.5 Å². The molecule has 0 saturated heterocycles. The lowest BCUT2D eigenvalue weighted by atomic mass is 9.98. The Balaban J connectivity index is 1.17. The second-order valence-corrected chi connectivity index (χ2v) is 16.7. The average Bonchev–Trinajstić information content (AvgIpc) is 4.06. The number of hydrogen-bond donors (Lipinski definition) is 0. The lowest BCUT2D eigenvalue weighted by molar-refractivity contribution is 0.666. The van der Waals surface area contributed by atoms with Gasteiger partial charge in [-0.2, -0.15) is 0 Å². The summed E-state index contributed by atoms with van der Waals surface area (Å²) in [5, 5.41) is 13.1. The van der Waals surface area contributed by atoms with E-state index in [1.54, 1.807) is 0 Å². The molecule has 14 aromatic rings. The van der Waals surface area contributed by atoms with Gasteiger partial charge in [-0.05, 0) is 70.1 Å². The minimum Gasteiger partial charge on any atom is -0.452 e. The van der Waals surface area contributed by atoms with Crippen LogP contribution in [-0.2, 0) is 0 Å². The third kappa shape index (κ3) is 4.24. The van der Waals surface area contributed by atoms with Crippen LogP contribution in [-0.4, -0.2) is 19.1 Å². The Morgan fingerprint density at radius 1 is 0.450 bits per heavy atom. The lowest BCUT2D eigenvalue weighted by Crippen LogP contribution is -2.03. The summed E-state index contributed by atoms with van der Waals surface area (Å²) in [6.45, 7) is 0. The third-order valence-electron chi connectivity index (χ3n) is 12.5. The Kier molecular flexibility index (Phi) is 6.38. The van der Waals surface area contributed by atoms with Crippen molar-refractivity contribution in [1.29, 1.82) is 0 Å². The molecule has 5 aromatic heterocycles. The van der Waals surface area contributed by atoms with Gasteiger partial charge < -0.3 is 8.98 Å². The maximum absolute atomic E-state index is 6.67. The molecule has 0 aliphatic carbocycles. The molecule has 0 saturated carbocycles. The summed E-state index contributed by atoms with van der Waals surface area (Å²) in [7, 11) is 0. The monoisotopic (exact) mass is 782 g/mol. The zero-order chi connectivity index (χ0) is 39.1. The molecule has 278 valence electrons. The normalized spacial score (nSPS) is 12.3. The summed E-state index contributed by atoms with van der Waals surface area (Å²) in [6.07, 6.45) is 0. The maximum atomic E-state index is 6.67. The highest BCUT2D eigenvalue weighted by Crippen LogP contribution is 2.50. The molecule has 0 spiro atoms.